The molecule has 1 unspecified atom stereocenters. The second-order valence-electron chi connectivity index (χ2n) is 7.21. The average Bonchev–Trinajstić information content (AvgIpc) is 2.80. The lowest BCUT2D eigenvalue weighted by Gasteiger charge is -2.29. The maximum Gasteiger partial charge on any atom is 0.573 e. The molecule has 0 fully saturated rings. The number of hydrogen-bond acceptors (Lipinski definition) is 6. The number of aromatic nitrogens is 1. The van der Waals surface area contributed by atoms with E-state index in [-0.39, 0.29) is 18.4 Å². The normalized spacial score (nSPS) is 12.0. The Morgan fingerprint density at radius 3 is 2.63 bits per heavy atom. The molecule has 2 aromatic rings. The van der Waals surface area contributed by atoms with E-state index < -0.39 is 18.2 Å². The van der Waals surface area contributed by atoms with Crippen LogP contribution in [0.3, 0.4) is 0 Å². The summed E-state index contributed by atoms with van der Waals surface area (Å²) in [6, 6.07) is 6.97. The van der Waals surface area contributed by atoms with Crippen molar-refractivity contribution in [2.45, 2.75) is 39.6 Å². The van der Waals surface area contributed by atoms with Crippen LogP contribution >= 0.6 is 11.6 Å². The number of likely N-dealkylation sites (N-methyl/N-ethyl adjacent to an activating group) is 1. The quantitative estimate of drug-likeness (QED) is 0.257. The van der Waals surface area contributed by atoms with Crippen LogP contribution in [0.5, 0.6) is 11.6 Å². The molecule has 1 atom stereocenters. The Hall–Kier alpha value is -3.45. The molecule has 0 saturated heterocycles. The number of ether oxygens (including phenoxy) is 2. The van der Waals surface area contributed by atoms with E-state index in [1.165, 1.54) is 17.3 Å². The minimum Gasteiger partial charge on any atom is -0.475 e. The summed E-state index contributed by atoms with van der Waals surface area (Å²) in [7, 11) is 1.67. The van der Waals surface area contributed by atoms with Gasteiger partial charge in [-0.2, -0.15) is 5.10 Å². The number of pyridine rings is 1. The highest BCUT2D eigenvalue weighted by atomic mass is 35.5. The summed E-state index contributed by atoms with van der Waals surface area (Å²) in [5.41, 5.74) is 0.781. The Morgan fingerprint density at radius 1 is 1.29 bits per heavy atom. The van der Waals surface area contributed by atoms with E-state index in [4.69, 9.17) is 16.3 Å². The minimum absolute atomic E-state index is 0.0581. The largest absolute Gasteiger partial charge is 0.573 e. The van der Waals surface area contributed by atoms with Gasteiger partial charge < -0.3 is 14.4 Å². The molecule has 35 heavy (non-hydrogen) atoms. The van der Waals surface area contributed by atoms with Crippen molar-refractivity contribution in [3.8, 4) is 23.5 Å². The molecule has 1 aromatic heterocycles. The lowest BCUT2D eigenvalue weighted by molar-refractivity contribution is -0.274. The molecular formula is C24H26ClF3N4O3. The van der Waals surface area contributed by atoms with Gasteiger partial charge in [-0.1, -0.05) is 36.4 Å². The van der Waals surface area contributed by atoms with Crippen molar-refractivity contribution < 1.29 is 27.4 Å². The maximum atomic E-state index is 13.4. The molecule has 0 radical (unpaired) electrons. The molecule has 0 bridgehead atoms. The van der Waals surface area contributed by atoms with Crippen LogP contribution in [0.2, 0.25) is 5.02 Å². The molecule has 1 heterocycles. The van der Waals surface area contributed by atoms with E-state index in [2.05, 4.69) is 26.7 Å². The third-order valence-electron chi connectivity index (χ3n) is 4.66. The first kappa shape index (κ1) is 27.8. The predicted octanol–water partition coefficient (Wildman–Crippen LogP) is 5.40. The molecule has 1 aromatic carbocycles. The van der Waals surface area contributed by atoms with Crippen molar-refractivity contribution in [1.82, 2.24) is 9.88 Å². The van der Waals surface area contributed by atoms with Gasteiger partial charge >= 0.3 is 6.36 Å². The van der Waals surface area contributed by atoms with Crippen LogP contribution < -0.4 is 14.5 Å². The van der Waals surface area contributed by atoms with Crippen LogP contribution in [0.25, 0.3) is 0 Å². The fourth-order valence-electron chi connectivity index (χ4n) is 3.09. The van der Waals surface area contributed by atoms with Gasteiger partial charge in [-0.05, 0) is 32.0 Å². The van der Waals surface area contributed by atoms with Crippen molar-refractivity contribution in [1.29, 1.82) is 0 Å². The number of alkyl halides is 3. The summed E-state index contributed by atoms with van der Waals surface area (Å²) in [6.07, 6.45) is -1.76. The fraction of sp³-hybridized carbons (Fsp3) is 0.375. The first-order valence-electron chi connectivity index (χ1n) is 10.8. The number of amides is 1. The molecule has 0 aliphatic carbocycles. The second kappa shape index (κ2) is 12.9. The highest BCUT2D eigenvalue weighted by Crippen LogP contribution is 2.31. The number of hydrogen-bond donors (Lipinski definition) is 0. The Labute approximate surface area is 207 Å². The van der Waals surface area contributed by atoms with E-state index in [0.29, 0.717) is 29.2 Å². The number of benzene rings is 1. The number of nitrogens with zero attached hydrogens (tertiary/aromatic N) is 4. The Morgan fingerprint density at radius 2 is 2.03 bits per heavy atom. The second-order valence-corrected chi connectivity index (χ2v) is 7.62. The number of para-hydroxylation sites is 1. The van der Waals surface area contributed by atoms with Crippen molar-refractivity contribution in [2.24, 2.45) is 5.10 Å². The number of halogens is 4. The number of rotatable bonds is 9. The minimum atomic E-state index is -4.80. The van der Waals surface area contributed by atoms with Crippen LogP contribution in [-0.4, -0.2) is 54.6 Å². The summed E-state index contributed by atoms with van der Waals surface area (Å²) >= 11 is 6.39. The van der Waals surface area contributed by atoms with E-state index in [0.717, 1.165) is 12.3 Å². The smallest absolute Gasteiger partial charge is 0.475 e. The molecule has 0 aliphatic heterocycles. The third kappa shape index (κ3) is 8.37. The van der Waals surface area contributed by atoms with Crippen molar-refractivity contribution >= 4 is 29.4 Å². The lowest BCUT2D eigenvalue weighted by Crippen LogP contribution is -2.42. The Bertz CT molecular complexity index is 1080. The van der Waals surface area contributed by atoms with Crippen molar-refractivity contribution in [3.05, 3.63) is 47.1 Å². The first-order chi connectivity index (χ1) is 16.6. The highest BCUT2D eigenvalue weighted by molar-refractivity contribution is 6.34. The predicted molar refractivity (Wildman–Crippen MR) is 129 cm³/mol. The van der Waals surface area contributed by atoms with Gasteiger partial charge in [-0.15, -0.1) is 13.2 Å². The molecule has 0 spiro atoms. The molecule has 0 saturated carbocycles. The summed E-state index contributed by atoms with van der Waals surface area (Å²) in [5.74, 6) is 5.03. The summed E-state index contributed by atoms with van der Waals surface area (Å²) in [5, 5.41) is 6.08. The molecule has 11 heteroatoms. The van der Waals surface area contributed by atoms with Crippen molar-refractivity contribution in [2.75, 3.05) is 25.2 Å². The summed E-state index contributed by atoms with van der Waals surface area (Å²) < 4.78 is 46.2. The Kier molecular flexibility index (Phi) is 10.2. The average molecular weight is 511 g/mol. The summed E-state index contributed by atoms with van der Waals surface area (Å²) in [6.45, 7) is 5.96. The molecule has 0 aliphatic rings. The van der Waals surface area contributed by atoms with E-state index >= 15 is 0 Å². The van der Waals surface area contributed by atoms with Gasteiger partial charge in [0, 0.05) is 26.1 Å². The van der Waals surface area contributed by atoms with Crippen molar-refractivity contribution in [3.63, 3.8) is 0 Å². The standard InChI is InChI=1S/C24H26ClF3N4O3/c1-5-7-8-14-30-31(4)22-19(10-9-11-20(22)25)23(33)32(6-2)17(3)16-34-21-13-12-18(15-29-21)35-24(26,27)28/h9-15,17H,5-6,16H2,1-4H3/b30-14-. The molecule has 7 nitrogen and oxygen atoms in total. The van der Waals surface area contributed by atoms with E-state index in [1.54, 1.807) is 37.1 Å². The molecule has 188 valence electrons. The number of anilines is 1. The van der Waals surface area contributed by atoms with Gasteiger partial charge in [-0.25, -0.2) is 4.98 Å². The van der Waals surface area contributed by atoms with Crippen LogP contribution in [0.15, 0.2) is 41.6 Å². The first-order valence-corrected chi connectivity index (χ1v) is 11.1. The monoisotopic (exact) mass is 510 g/mol. The number of hydrazone groups is 1. The van der Waals surface area contributed by atoms with Gasteiger partial charge in [-0.3, -0.25) is 9.80 Å². The molecule has 1 amide bonds. The fourth-order valence-corrected chi connectivity index (χ4v) is 3.39. The molecule has 0 N–H and O–H groups in total. The van der Waals surface area contributed by atoms with Gasteiger partial charge in [0.15, 0.2) is 0 Å². The Balaban J connectivity index is 2.14. The lowest BCUT2D eigenvalue weighted by atomic mass is 10.1. The number of carbonyl (C=O) groups excluding carboxylic acids is 1. The summed E-state index contributed by atoms with van der Waals surface area (Å²) in [4.78, 5) is 18.8. The number of carbonyl (C=O) groups is 1. The van der Waals surface area contributed by atoms with Crippen LogP contribution in [-0.2, 0) is 0 Å². The van der Waals surface area contributed by atoms with Gasteiger partial charge in [0.1, 0.15) is 12.4 Å². The zero-order chi connectivity index (χ0) is 26.0. The van der Waals surface area contributed by atoms with E-state index in [1.807, 2.05) is 13.8 Å². The topological polar surface area (TPSA) is 67.3 Å². The van der Waals surface area contributed by atoms with Crippen LogP contribution in [0.1, 0.15) is 37.6 Å². The van der Waals surface area contributed by atoms with Crippen LogP contribution in [0.4, 0.5) is 18.9 Å². The van der Waals surface area contributed by atoms with Gasteiger partial charge in [0.2, 0.25) is 5.88 Å². The highest BCUT2D eigenvalue weighted by Gasteiger charge is 2.31. The third-order valence-corrected chi connectivity index (χ3v) is 4.97. The molecular weight excluding hydrogens is 485 g/mol. The zero-order valence-corrected chi connectivity index (χ0v) is 20.5. The zero-order valence-electron chi connectivity index (χ0n) is 19.8. The maximum absolute atomic E-state index is 13.4. The van der Waals surface area contributed by atoms with Crippen LogP contribution in [0, 0.1) is 11.8 Å². The SMILES string of the molecule is CCC#C/C=N\N(C)c1c(Cl)cccc1C(=O)N(CC)C(C)COc1ccc(OC(F)(F)F)cn1. The van der Waals surface area contributed by atoms with Gasteiger partial charge in [0.25, 0.3) is 5.91 Å². The molecule has 2 rings (SSSR count). The van der Waals surface area contributed by atoms with Gasteiger partial charge in [0.05, 0.1) is 34.7 Å². The van der Waals surface area contributed by atoms with E-state index in [9.17, 15) is 18.0 Å².